The van der Waals surface area contributed by atoms with Gasteiger partial charge in [0.25, 0.3) is 0 Å². The molecule has 82 valence electrons. The van der Waals surface area contributed by atoms with Crippen molar-refractivity contribution in [1.82, 2.24) is 14.8 Å². The lowest BCUT2D eigenvalue weighted by Crippen LogP contribution is -2.39. The molecule has 1 atom stereocenters. The first-order valence-corrected chi connectivity index (χ1v) is 5.47. The van der Waals surface area contributed by atoms with E-state index >= 15 is 0 Å². The lowest BCUT2D eigenvalue weighted by molar-refractivity contribution is 0.175. The predicted molar refractivity (Wildman–Crippen MR) is 54.3 cm³/mol. The van der Waals surface area contributed by atoms with Gasteiger partial charge in [0.1, 0.15) is 11.4 Å². The second kappa shape index (κ2) is 3.02. The van der Waals surface area contributed by atoms with E-state index in [0.29, 0.717) is 12.5 Å². The highest BCUT2D eigenvalue weighted by molar-refractivity contribution is 5.13. The van der Waals surface area contributed by atoms with Crippen LogP contribution in [0.3, 0.4) is 0 Å². The van der Waals surface area contributed by atoms with Crippen molar-refractivity contribution in [3.8, 4) is 0 Å². The highest BCUT2D eigenvalue weighted by Gasteiger charge is 2.38. The third-order valence-electron chi connectivity index (χ3n) is 3.22. The summed E-state index contributed by atoms with van der Waals surface area (Å²) < 4.78 is 7.17. The molecule has 5 nitrogen and oxygen atoms in total. The van der Waals surface area contributed by atoms with Gasteiger partial charge in [0.2, 0.25) is 0 Å². The maximum absolute atomic E-state index is 6.27. The lowest BCUT2D eigenvalue weighted by atomic mass is 9.99. The molecular weight excluding hydrogens is 192 g/mol. The van der Waals surface area contributed by atoms with Gasteiger partial charge in [-0.2, -0.15) is 5.10 Å². The summed E-state index contributed by atoms with van der Waals surface area (Å²) in [6.45, 7) is 1.28. The molecule has 2 heterocycles. The monoisotopic (exact) mass is 208 g/mol. The average molecular weight is 208 g/mol. The Balaban J connectivity index is 1.95. The van der Waals surface area contributed by atoms with Crippen molar-refractivity contribution in [2.45, 2.75) is 30.7 Å². The Morgan fingerprint density at radius 2 is 2.33 bits per heavy atom. The predicted octanol–water partition coefficient (Wildman–Crippen LogP) is 0.267. The summed E-state index contributed by atoms with van der Waals surface area (Å²) in [5, 5.41) is 4.43. The summed E-state index contributed by atoms with van der Waals surface area (Å²) in [6, 6.07) is 0. The zero-order valence-corrected chi connectivity index (χ0v) is 8.94. The highest BCUT2D eigenvalue weighted by Crippen LogP contribution is 2.39. The molecular formula is C10H16N4O. The van der Waals surface area contributed by atoms with Crippen LogP contribution >= 0.6 is 0 Å². The highest BCUT2D eigenvalue weighted by atomic mass is 16.5. The van der Waals surface area contributed by atoms with Crippen molar-refractivity contribution >= 4 is 0 Å². The van der Waals surface area contributed by atoms with Crippen LogP contribution in [0.15, 0.2) is 0 Å². The van der Waals surface area contributed by atoms with Gasteiger partial charge >= 0.3 is 0 Å². The molecule has 5 heteroatoms. The molecule has 0 bridgehead atoms. The zero-order chi connectivity index (χ0) is 10.5. The normalized spacial score (nSPS) is 31.1. The molecule has 3 rings (SSSR count). The first kappa shape index (κ1) is 9.30. The van der Waals surface area contributed by atoms with E-state index in [1.807, 2.05) is 11.7 Å². The minimum Gasteiger partial charge on any atom is -0.379 e. The van der Waals surface area contributed by atoms with Gasteiger partial charge in [-0.25, -0.2) is 4.98 Å². The van der Waals surface area contributed by atoms with Gasteiger partial charge < -0.3 is 10.5 Å². The second-order valence-corrected chi connectivity index (χ2v) is 4.65. The Hall–Kier alpha value is -0.940. The Labute approximate surface area is 88.6 Å². The van der Waals surface area contributed by atoms with E-state index in [4.69, 9.17) is 10.5 Å². The van der Waals surface area contributed by atoms with Crippen molar-refractivity contribution in [2.75, 3.05) is 13.2 Å². The minimum atomic E-state index is -0.422. The lowest BCUT2D eigenvalue weighted by Gasteiger charge is -2.19. The third kappa shape index (κ3) is 1.46. The number of hydrogen-bond acceptors (Lipinski definition) is 4. The van der Waals surface area contributed by atoms with E-state index in [1.54, 1.807) is 0 Å². The Morgan fingerprint density at radius 3 is 2.93 bits per heavy atom. The third-order valence-corrected chi connectivity index (χ3v) is 3.22. The number of rotatable bonds is 2. The Bertz CT molecular complexity index is 377. The Kier molecular flexibility index (Phi) is 1.87. The molecule has 1 saturated carbocycles. The molecule has 1 aliphatic carbocycles. The maximum Gasteiger partial charge on any atom is 0.154 e. The first-order valence-electron chi connectivity index (χ1n) is 5.47. The maximum atomic E-state index is 6.27. The number of nitrogens with zero attached hydrogens (tertiary/aromatic N) is 3. The van der Waals surface area contributed by atoms with Gasteiger partial charge in [-0.3, -0.25) is 4.68 Å². The van der Waals surface area contributed by atoms with Crippen molar-refractivity contribution < 1.29 is 4.74 Å². The second-order valence-electron chi connectivity index (χ2n) is 4.65. The summed E-state index contributed by atoms with van der Waals surface area (Å²) in [7, 11) is 1.92. The Morgan fingerprint density at radius 1 is 1.53 bits per heavy atom. The van der Waals surface area contributed by atoms with Crippen molar-refractivity contribution in [3.63, 3.8) is 0 Å². The topological polar surface area (TPSA) is 66.0 Å². The van der Waals surface area contributed by atoms with Gasteiger partial charge in [-0.1, -0.05) is 0 Å². The molecule has 1 aromatic rings. The van der Waals surface area contributed by atoms with E-state index in [9.17, 15) is 0 Å². The summed E-state index contributed by atoms with van der Waals surface area (Å²) in [5.41, 5.74) is 5.85. The number of aryl methyl sites for hydroxylation is 1. The van der Waals surface area contributed by atoms with Crippen LogP contribution in [-0.4, -0.2) is 28.0 Å². The van der Waals surface area contributed by atoms with Gasteiger partial charge in [0, 0.05) is 19.6 Å². The molecule has 1 unspecified atom stereocenters. The van der Waals surface area contributed by atoms with Crippen molar-refractivity contribution in [3.05, 3.63) is 11.6 Å². The van der Waals surface area contributed by atoms with E-state index in [-0.39, 0.29) is 0 Å². The van der Waals surface area contributed by atoms with E-state index in [1.165, 1.54) is 12.8 Å². The standard InChI is InChI=1S/C10H16N4O/c1-14-9(10(11)4-5-15-6-10)12-8(13-14)7-2-3-7/h7H,2-6,11H2,1H3. The summed E-state index contributed by atoms with van der Waals surface area (Å²) >= 11 is 0. The molecule has 0 spiro atoms. The fourth-order valence-electron chi connectivity index (χ4n) is 2.11. The molecule has 0 radical (unpaired) electrons. The van der Waals surface area contributed by atoms with E-state index in [0.717, 1.165) is 24.7 Å². The van der Waals surface area contributed by atoms with E-state index < -0.39 is 5.54 Å². The summed E-state index contributed by atoms with van der Waals surface area (Å²) in [5.74, 6) is 2.42. The quantitative estimate of drug-likeness (QED) is 0.757. The molecule has 0 amide bonds. The minimum absolute atomic E-state index is 0.422. The largest absolute Gasteiger partial charge is 0.379 e. The zero-order valence-electron chi connectivity index (χ0n) is 8.94. The van der Waals surface area contributed by atoms with Crippen LogP contribution in [0.5, 0.6) is 0 Å². The van der Waals surface area contributed by atoms with Gasteiger partial charge in [-0.15, -0.1) is 0 Å². The van der Waals surface area contributed by atoms with Crippen LogP contribution in [0.1, 0.15) is 36.8 Å². The number of nitrogens with two attached hydrogens (primary N) is 1. The molecule has 2 fully saturated rings. The van der Waals surface area contributed by atoms with Crippen LogP contribution in [0.25, 0.3) is 0 Å². The van der Waals surface area contributed by atoms with Crippen LogP contribution in [0, 0.1) is 0 Å². The molecule has 2 aliphatic rings. The average Bonchev–Trinajstić information content (AvgIpc) is 2.85. The summed E-state index contributed by atoms with van der Waals surface area (Å²) in [6.07, 6.45) is 3.28. The molecule has 1 aliphatic heterocycles. The van der Waals surface area contributed by atoms with Gasteiger partial charge in [0.15, 0.2) is 5.82 Å². The fourth-order valence-corrected chi connectivity index (χ4v) is 2.11. The summed E-state index contributed by atoms with van der Waals surface area (Å²) in [4.78, 5) is 4.57. The first-order chi connectivity index (χ1) is 7.19. The fraction of sp³-hybridized carbons (Fsp3) is 0.800. The van der Waals surface area contributed by atoms with Gasteiger partial charge in [-0.05, 0) is 19.3 Å². The molecule has 15 heavy (non-hydrogen) atoms. The number of aromatic nitrogens is 3. The van der Waals surface area contributed by atoms with Crippen molar-refractivity contribution in [1.29, 1.82) is 0 Å². The molecule has 1 saturated heterocycles. The molecule has 2 N–H and O–H groups in total. The molecule has 0 aromatic carbocycles. The van der Waals surface area contributed by atoms with Crippen LogP contribution < -0.4 is 5.73 Å². The van der Waals surface area contributed by atoms with Crippen LogP contribution in [0.2, 0.25) is 0 Å². The smallest absolute Gasteiger partial charge is 0.154 e. The van der Waals surface area contributed by atoms with Crippen LogP contribution in [-0.2, 0) is 17.3 Å². The van der Waals surface area contributed by atoms with E-state index in [2.05, 4.69) is 10.1 Å². The molecule has 1 aromatic heterocycles. The van der Waals surface area contributed by atoms with Crippen LogP contribution in [0.4, 0.5) is 0 Å². The number of hydrogen-bond donors (Lipinski definition) is 1. The SMILES string of the molecule is Cn1nc(C2CC2)nc1C1(N)CCOC1. The van der Waals surface area contributed by atoms with Gasteiger partial charge in [0.05, 0.1) is 6.61 Å². The number of ether oxygens (including phenoxy) is 1. The van der Waals surface area contributed by atoms with Crippen molar-refractivity contribution in [2.24, 2.45) is 12.8 Å².